The first-order valence-corrected chi connectivity index (χ1v) is 9.24. The Morgan fingerprint density at radius 3 is 2.71 bits per heavy atom. The monoisotopic (exact) mass is 311 g/mol. The molecular formula is C15H25N3O2S. The number of aromatic nitrogens is 1. The summed E-state index contributed by atoms with van der Waals surface area (Å²) < 4.78 is 28.0. The summed E-state index contributed by atoms with van der Waals surface area (Å²) in [7, 11) is -3.54. The van der Waals surface area contributed by atoms with E-state index in [-0.39, 0.29) is 10.9 Å². The van der Waals surface area contributed by atoms with Crippen molar-refractivity contribution in [3.8, 4) is 0 Å². The van der Waals surface area contributed by atoms with E-state index in [4.69, 9.17) is 0 Å². The zero-order valence-electron chi connectivity index (χ0n) is 12.8. The highest BCUT2D eigenvalue weighted by molar-refractivity contribution is 7.89. The second-order valence-electron chi connectivity index (χ2n) is 5.69. The van der Waals surface area contributed by atoms with Gasteiger partial charge in [-0.15, -0.1) is 0 Å². The number of hydrogen-bond acceptors (Lipinski definition) is 4. The summed E-state index contributed by atoms with van der Waals surface area (Å²) in [6.07, 6.45) is 7.48. The van der Waals surface area contributed by atoms with E-state index >= 15 is 0 Å². The molecule has 1 fully saturated rings. The Balaban J connectivity index is 2.14. The molecule has 21 heavy (non-hydrogen) atoms. The van der Waals surface area contributed by atoms with Crippen molar-refractivity contribution in [2.45, 2.75) is 56.9 Å². The Kier molecular flexibility index (Phi) is 5.58. The number of sulfonamides is 1. The Labute approximate surface area is 127 Å². The van der Waals surface area contributed by atoms with E-state index in [1.54, 1.807) is 18.3 Å². The highest BCUT2D eigenvalue weighted by atomic mass is 32.2. The van der Waals surface area contributed by atoms with Crippen molar-refractivity contribution in [2.75, 3.05) is 11.9 Å². The third kappa shape index (κ3) is 4.17. The van der Waals surface area contributed by atoms with E-state index in [9.17, 15) is 8.42 Å². The van der Waals surface area contributed by atoms with Crippen molar-refractivity contribution in [3.63, 3.8) is 0 Å². The van der Waals surface area contributed by atoms with Crippen LogP contribution in [0.3, 0.4) is 0 Å². The van der Waals surface area contributed by atoms with E-state index in [2.05, 4.69) is 15.0 Å². The maximum absolute atomic E-state index is 12.6. The van der Waals surface area contributed by atoms with Gasteiger partial charge in [-0.05, 0) is 44.7 Å². The SMILES string of the molecule is CCNc1ncccc1S(=O)(=O)NC(C)C1CCCCC1. The van der Waals surface area contributed by atoms with Crippen LogP contribution in [0.15, 0.2) is 23.2 Å². The lowest BCUT2D eigenvalue weighted by molar-refractivity contribution is 0.303. The number of rotatable bonds is 6. The standard InChI is InChI=1S/C15H25N3O2S/c1-3-16-15-14(10-7-11-17-15)21(19,20)18-12(2)13-8-5-4-6-9-13/h7,10-13,18H,3-6,8-9H2,1-2H3,(H,16,17). The molecule has 2 N–H and O–H groups in total. The van der Waals surface area contributed by atoms with Crippen LogP contribution < -0.4 is 10.0 Å². The fourth-order valence-corrected chi connectivity index (χ4v) is 4.39. The van der Waals surface area contributed by atoms with Crippen LogP contribution in [0.2, 0.25) is 0 Å². The van der Waals surface area contributed by atoms with Gasteiger partial charge in [0.25, 0.3) is 0 Å². The topological polar surface area (TPSA) is 71.1 Å². The van der Waals surface area contributed by atoms with Crippen LogP contribution >= 0.6 is 0 Å². The highest BCUT2D eigenvalue weighted by Gasteiger charge is 2.26. The van der Waals surface area contributed by atoms with Crippen molar-refractivity contribution in [2.24, 2.45) is 5.92 Å². The summed E-state index contributed by atoms with van der Waals surface area (Å²) in [5, 5.41) is 3.00. The zero-order chi connectivity index (χ0) is 15.3. The summed E-state index contributed by atoms with van der Waals surface area (Å²) in [6, 6.07) is 3.21. The van der Waals surface area contributed by atoms with Crippen LogP contribution in [-0.4, -0.2) is 26.0 Å². The molecule has 0 bridgehead atoms. The molecule has 2 rings (SSSR count). The van der Waals surface area contributed by atoms with Crippen molar-refractivity contribution in [1.82, 2.24) is 9.71 Å². The van der Waals surface area contributed by atoms with E-state index in [1.165, 1.54) is 19.3 Å². The molecular weight excluding hydrogens is 286 g/mol. The molecule has 5 nitrogen and oxygen atoms in total. The minimum absolute atomic E-state index is 0.0371. The smallest absolute Gasteiger partial charge is 0.244 e. The lowest BCUT2D eigenvalue weighted by atomic mass is 9.85. The van der Waals surface area contributed by atoms with E-state index in [0.29, 0.717) is 18.3 Å². The Morgan fingerprint density at radius 2 is 2.05 bits per heavy atom. The molecule has 0 amide bonds. The average molecular weight is 311 g/mol. The number of nitrogens with zero attached hydrogens (tertiary/aromatic N) is 1. The van der Waals surface area contributed by atoms with Crippen molar-refractivity contribution in [3.05, 3.63) is 18.3 Å². The van der Waals surface area contributed by atoms with E-state index < -0.39 is 10.0 Å². The Hall–Kier alpha value is -1.14. The molecule has 0 aromatic carbocycles. The summed E-state index contributed by atoms with van der Waals surface area (Å²) in [5.74, 6) is 0.858. The molecule has 1 aliphatic carbocycles. The molecule has 118 valence electrons. The van der Waals surface area contributed by atoms with Gasteiger partial charge in [0.15, 0.2) is 0 Å². The minimum atomic E-state index is -3.54. The Morgan fingerprint density at radius 1 is 1.33 bits per heavy atom. The fourth-order valence-electron chi connectivity index (χ4n) is 2.95. The largest absolute Gasteiger partial charge is 0.369 e. The third-order valence-corrected chi connectivity index (χ3v) is 5.69. The second-order valence-corrected chi connectivity index (χ2v) is 7.37. The first-order chi connectivity index (χ1) is 10.0. The van der Waals surface area contributed by atoms with Gasteiger partial charge >= 0.3 is 0 Å². The number of nitrogens with one attached hydrogen (secondary N) is 2. The van der Waals surface area contributed by atoms with Gasteiger partial charge in [-0.2, -0.15) is 0 Å². The molecule has 1 saturated carbocycles. The maximum atomic E-state index is 12.6. The summed E-state index contributed by atoms with van der Waals surface area (Å²) in [5.41, 5.74) is 0. The van der Waals surface area contributed by atoms with Crippen molar-refractivity contribution < 1.29 is 8.42 Å². The van der Waals surface area contributed by atoms with Crippen LogP contribution in [0.25, 0.3) is 0 Å². The lowest BCUT2D eigenvalue weighted by Crippen LogP contribution is -2.39. The van der Waals surface area contributed by atoms with Crippen LogP contribution in [0.5, 0.6) is 0 Å². The quantitative estimate of drug-likeness (QED) is 0.847. The zero-order valence-corrected chi connectivity index (χ0v) is 13.6. The predicted octanol–water partition coefficient (Wildman–Crippen LogP) is 2.76. The van der Waals surface area contributed by atoms with Gasteiger partial charge in [0.05, 0.1) is 0 Å². The van der Waals surface area contributed by atoms with Gasteiger partial charge in [-0.1, -0.05) is 19.3 Å². The second kappa shape index (κ2) is 7.22. The average Bonchev–Trinajstić information content (AvgIpc) is 2.48. The van der Waals surface area contributed by atoms with Gasteiger partial charge in [0.1, 0.15) is 10.7 Å². The van der Waals surface area contributed by atoms with Gasteiger partial charge in [-0.25, -0.2) is 18.1 Å². The Bertz CT molecular complexity index is 554. The summed E-state index contributed by atoms with van der Waals surface area (Å²) in [6.45, 7) is 4.53. The molecule has 1 unspecified atom stereocenters. The molecule has 0 radical (unpaired) electrons. The predicted molar refractivity (Wildman–Crippen MR) is 84.8 cm³/mol. The third-order valence-electron chi connectivity index (χ3n) is 4.10. The van der Waals surface area contributed by atoms with Crippen LogP contribution in [0.1, 0.15) is 46.0 Å². The van der Waals surface area contributed by atoms with Gasteiger partial charge < -0.3 is 5.32 Å². The molecule has 1 atom stereocenters. The van der Waals surface area contributed by atoms with Crippen molar-refractivity contribution in [1.29, 1.82) is 0 Å². The minimum Gasteiger partial charge on any atom is -0.369 e. The summed E-state index contributed by atoms with van der Waals surface area (Å²) in [4.78, 5) is 4.36. The summed E-state index contributed by atoms with van der Waals surface area (Å²) >= 11 is 0. The molecule has 1 aromatic rings. The molecule has 0 aliphatic heterocycles. The molecule has 0 saturated heterocycles. The molecule has 1 heterocycles. The fraction of sp³-hybridized carbons (Fsp3) is 0.667. The normalized spacial score (nSPS) is 18.4. The molecule has 1 aliphatic rings. The number of anilines is 1. The van der Waals surface area contributed by atoms with Crippen molar-refractivity contribution >= 4 is 15.8 Å². The lowest BCUT2D eigenvalue weighted by Gasteiger charge is -2.28. The molecule has 0 spiro atoms. The van der Waals surface area contributed by atoms with Crippen LogP contribution in [0, 0.1) is 5.92 Å². The van der Waals surface area contributed by atoms with Crippen LogP contribution in [-0.2, 0) is 10.0 Å². The first-order valence-electron chi connectivity index (χ1n) is 7.76. The van der Waals surface area contributed by atoms with Crippen LogP contribution in [0.4, 0.5) is 5.82 Å². The first kappa shape index (κ1) is 16.2. The number of pyridine rings is 1. The highest BCUT2D eigenvalue weighted by Crippen LogP contribution is 2.27. The molecule has 6 heteroatoms. The van der Waals surface area contributed by atoms with E-state index in [0.717, 1.165) is 12.8 Å². The van der Waals surface area contributed by atoms with E-state index in [1.807, 2.05) is 13.8 Å². The van der Waals surface area contributed by atoms with Gasteiger partial charge in [-0.3, -0.25) is 0 Å². The number of hydrogen-bond donors (Lipinski definition) is 2. The van der Waals surface area contributed by atoms with Gasteiger partial charge in [0, 0.05) is 18.8 Å². The van der Waals surface area contributed by atoms with Gasteiger partial charge in [0.2, 0.25) is 10.0 Å². The molecule has 1 aromatic heterocycles. The maximum Gasteiger partial charge on any atom is 0.244 e.